The van der Waals surface area contributed by atoms with E-state index in [9.17, 15) is 9.59 Å². The minimum Gasteiger partial charge on any atom is -0.465 e. The first-order chi connectivity index (χ1) is 11.1. The van der Waals surface area contributed by atoms with Crippen LogP contribution >= 0.6 is 0 Å². The maximum absolute atomic E-state index is 12.0. The molecule has 0 unspecified atom stereocenters. The average Bonchev–Trinajstić information content (AvgIpc) is 2.56. The van der Waals surface area contributed by atoms with Crippen LogP contribution in [0.15, 0.2) is 42.5 Å². The summed E-state index contributed by atoms with van der Waals surface area (Å²) in [7, 11) is 1.37. The molecule has 0 bridgehead atoms. The molecule has 23 heavy (non-hydrogen) atoms. The third-order valence-electron chi connectivity index (χ3n) is 3.61. The van der Waals surface area contributed by atoms with E-state index in [0.29, 0.717) is 24.2 Å². The van der Waals surface area contributed by atoms with Crippen LogP contribution in [0, 0.1) is 6.92 Å². The highest BCUT2D eigenvalue weighted by atomic mass is 16.5. The van der Waals surface area contributed by atoms with Crippen LogP contribution in [0.1, 0.15) is 44.3 Å². The minimum absolute atomic E-state index is 0.330. The Hall–Kier alpha value is -2.62. The lowest BCUT2D eigenvalue weighted by Gasteiger charge is -2.11. The molecular weight excluding hydrogens is 292 g/mol. The van der Waals surface area contributed by atoms with Gasteiger partial charge in [-0.25, -0.2) is 9.59 Å². The van der Waals surface area contributed by atoms with Crippen LogP contribution in [-0.4, -0.2) is 25.7 Å². The molecule has 0 aliphatic rings. The normalized spacial score (nSPS) is 10.2. The Labute approximate surface area is 136 Å². The van der Waals surface area contributed by atoms with Crippen LogP contribution in [0.5, 0.6) is 0 Å². The Morgan fingerprint density at radius 2 is 1.74 bits per heavy atom. The van der Waals surface area contributed by atoms with Gasteiger partial charge in [-0.2, -0.15) is 0 Å². The first-order valence-electron chi connectivity index (χ1n) is 7.49. The minimum atomic E-state index is -0.358. The van der Waals surface area contributed by atoms with Gasteiger partial charge < -0.3 is 9.47 Å². The smallest absolute Gasteiger partial charge is 0.338 e. The number of hydrogen-bond acceptors (Lipinski definition) is 4. The van der Waals surface area contributed by atoms with Crippen molar-refractivity contribution in [3.8, 4) is 0 Å². The number of benzene rings is 2. The third kappa shape index (κ3) is 3.97. The maximum atomic E-state index is 12.0. The van der Waals surface area contributed by atoms with E-state index in [1.54, 1.807) is 13.0 Å². The van der Waals surface area contributed by atoms with E-state index in [0.717, 1.165) is 16.7 Å². The van der Waals surface area contributed by atoms with Crippen LogP contribution in [0.4, 0.5) is 0 Å². The summed E-state index contributed by atoms with van der Waals surface area (Å²) in [6, 6.07) is 13.0. The number of ether oxygens (including phenoxy) is 2. The number of methoxy groups -OCH3 is 1. The van der Waals surface area contributed by atoms with Gasteiger partial charge in [0.25, 0.3) is 0 Å². The summed E-state index contributed by atoms with van der Waals surface area (Å²) in [6.07, 6.45) is 0.541. The zero-order valence-corrected chi connectivity index (χ0v) is 13.6. The fourth-order valence-electron chi connectivity index (χ4n) is 2.41. The van der Waals surface area contributed by atoms with Gasteiger partial charge in [-0.15, -0.1) is 0 Å². The highest BCUT2D eigenvalue weighted by Gasteiger charge is 2.14. The molecule has 0 heterocycles. The number of esters is 2. The number of carbonyl (C=O) groups is 2. The van der Waals surface area contributed by atoms with Crippen molar-refractivity contribution in [1.82, 2.24) is 0 Å². The Bertz CT molecular complexity index is 719. The first-order valence-corrected chi connectivity index (χ1v) is 7.49. The summed E-state index contributed by atoms with van der Waals surface area (Å²) in [4.78, 5) is 23.8. The van der Waals surface area contributed by atoms with Gasteiger partial charge in [-0.1, -0.05) is 30.3 Å². The van der Waals surface area contributed by atoms with E-state index in [-0.39, 0.29) is 11.9 Å². The van der Waals surface area contributed by atoms with Crippen LogP contribution in [0.3, 0.4) is 0 Å². The molecule has 0 aliphatic heterocycles. The third-order valence-corrected chi connectivity index (χ3v) is 3.61. The molecule has 0 spiro atoms. The Balaban J connectivity index is 2.33. The van der Waals surface area contributed by atoms with E-state index in [2.05, 4.69) is 0 Å². The van der Waals surface area contributed by atoms with Crippen molar-refractivity contribution in [2.75, 3.05) is 13.7 Å². The summed E-state index contributed by atoms with van der Waals surface area (Å²) in [5.41, 5.74) is 3.76. The highest BCUT2D eigenvalue weighted by Crippen LogP contribution is 2.19. The van der Waals surface area contributed by atoms with Gasteiger partial charge in [-0.3, -0.25) is 0 Å². The lowest BCUT2D eigenvalue weighted by Crippen LogP contribution is -2.09. The number of hydrogen-bond donors (Lipinski definition) is 0. The number of aryl methyl sites for hydroxylation is 1. The first kappa shape index (κ1) is 16.7. The predicted molar refractivity (Wildman–Crippen MR) is 87.7 cm³/mol. The van der Waals surface area contributed by atoms with Crippen molar-refractivity contribution in [2.24, 2.45) is 0 Å². The molecule has 2 aromatic carbocycles. The molecule has 0 saturated heterocycles. The van der Waals surface area contributed by atoms with Gasteiger partial charge in [0.15, 0.2) is 0 Å². The molecule has 120 valence electrons. The second-order valence-electron chi connectivity index (χ2n) is 5.20. The topological polar surface area (TPSA) is 52.6 Å². The van der Waals surface area contributed by atoms with E-state index in [4.69, 9.17) is 9.47 Å². The van der Waals surface area contributed by atoms with Gasteiger partial charge in [0.1, 0.15) is 0 Å². The van der Waals surface area contributed by atoms with Crippen LogP contribution in [-0.2, 0) is 15.9 Å². The van der Waals surface area contributed by atoms with Gasteiger partial charge in [0.05, 0.1) is 24.8 Å². The molecule has 4 nitrogen and oxygen atoms in total. The van der Waals surface area contributed by atoms with Crippen molar-refractivity contribution < 1.29 is 19.1 Å². The zero-order chi connectivity index (χ0) is 16.8. The SMILES string of the molecule is CCOC(=O)c1ccccc1Cc1ccc(C)c(C(=O)OC)c1. The Morgan fingerprint density at radius 1 is 1.00 bits per heavy atom. The molecule has 0 amide bonds. The second-order valence-corrected chi connectivity index (χ2v) is 5.20. The molecule has 2 rings (SSSR count). The standard InChI is InChI=1S/C19H20O4/c1-4-23-19(21)16-8-6-5-7-15(16)11-14-10-9-13(2)17(12-14)18(20)22-3/h5-10,12H,4,11H2,1-3H3. The largest absolute Gasteiger partial charge is 0.465 e. The molecule has 0 N–H and O–H groups in total. The molecular formula is C19H20O4. The van der Waals surface area contributed by atoms with Crippen molar-refractivity contribution in [1.29, 1.82) is 0 Å². The lowest BCUT2D eigenvalue weighted by atomic mass is 9.97. The van der Waals surface area contributed by atoms with Crippen molar-refractivity contribution in [2.45, 2.75) is 20.3 Å². The zero-order valence-electron chi connectivity index (χ0n) is 13.6. The Kier molecular flexibility index (Phi) is 5.52. The van der Waals surface area contributed by atoms with Crippen molar-refractivity contribution in [3.63, 3.8) is 0 Å². The lowest BCUT2D eigenvalue weighted by molar-refractivity contribution is 0.0524. The van der Waals surface area contributed by atoms with E-state index < -0.39 is 0 Å². The molecule has 0 aliphatic carbocycles. The van der Waals surface area contributed by atoms with Crippen LogP contribution in [0.2, 0.25) is 0 Å². The van der Waals surface area contributed by atoms with Crippen molar-refractivity contribution in [3.05, 3.63) is 70.3 Å². The van der Waals surface area contributed by atoms with Crippen LogP contribution < -0.4 is 0 Å². The number of carbonyl (C=O) groups excluding carboxylic acids is 2. The molecule has 4 heteroatoms. The average molecular weight is 312 g/mol. The molecule has 0 radical (unpaired) electrons. The predicted octanol–water partition coefficient (Wildman–Crippen LogP) is 3.55. The monoisotopic (exact) mass is 312 g/mol. The molecule has 0 fully saturated rings. The molecule has 0 atom stereocenters. The molecule has 2 aromatic rings. The highest BCUT2D eigenvalue weighted by molar-refractivity contribution is 5.92. The fraction of sp³-hybridized carbons (Fsp3) is 0.263. The van der Waals surface area contributed by atoms with Gasteiger partial charge >= 0.3 is 11.9 Å². The number of rotatable bonds is 5. The van der Waals surface area contributed by atoms with E-state index in [1.807, 2.05) is 43.3 Å². The van der Waals surface area contributed by atoms with Crippen molar-refractivity contribution >= 4 is 11.9 Å². The van der Waals surface area contributed by atoms with Crippen LogP contribution in [0.25, 0.3) is 0 Å². The maximum Gasteiger partial charge on any atom is 0.338 e. The summed E-state index contributed by atoms with van der Waals surface area (Å²) in [6.45, 7) is 3.98. The Morgan fingerprint density at radius 3 is 2.43 bits per heavy atom. The van der Waals surface area contributed by atoms with Gasteiger partial charge in [-0.05, 0) is 49.1 Å². The van der Waals surface area contributed by atoms with Gasteiger partial charge in [0.2, 0.25) is 0 Å². The summed E-state index contributed by atoms with van der Waals surface area (Å²) < 4.78 is 9.89. The quantitative estimate of drug-likeness (QED) is 0.792. The summed E-state index contributed by atoms with van der Waals surface area (Å²) in [5.74, 6) is -0.688. The fourth-order valence-corrected chi connectivity index (χ4v) is 2.41. The molecule has 0 aromatic heterocycles. The second kappa shape index (κ2) is 7.58. The van der Waals surface area contributed by atoms with E-state index >= 15 is 0 Å². The molecule has 0 saturated carbocycles. The van der Waals surface area contributed by atoms with E-state index in [1.165, 1.54) is 7.11 Å². The summed E-state index contributed by atoms with van der Waals surface area (Å²) >= 11 is 0. The summed E-state index contributed by atoms with van der Waals surface area (Å²) in [5, 5.41) is 0. The van der Waals surface area contributed by atoms with Gasteiger partial charge in [0, 0.05) is 0 Å².